The van der Waals surface area contributed by atoms with E-state index in [1.807, 2.05) is 0 Å². The number of hydrogen-bond acceptors (Lipinski definition) is 6. The van der Waals surface area contributed by atoms with Crippen molar-refractivity contribution in [2.45, 2.75) is 38.6 Å². The number of nitrogens with zero attached hydrogens (tertiary/aromatic N) is 6. The van der Waals surface area contributed by atoms with E-state index >= 15 is 0 Å². The van der Waals surface area contributed by atoms with Gasteiger partial charge in [0.25, 0.3) is 0 Å². The topological polar surface area (TPSA) is 50.3 Å². The van der Waals surface area contributed by atoms with Crippen molar-refractivity contribution in [1.29, 1.82) is 5.26 Å². The maximum absolute atomic E-state index is 9.48. The molecule has 0 aromatic rings. The maximum Gasteiger partial charge on any atom is 0.300 e. The van der Waals surface area contributed by atoms with Gasteiger partial charge in [-0.3, -0.25) is 4.90 Å². The molecular weight excluding hydrogens is 352 g/mol. The van der Waals surface area contributed by atoms with Gasteiger partial charge in [0.05, 0.1) is 25.9 Å². The molecule has 0 spiro atoms. The van der Waals surface area contributed by atoms with Gasteiger partial charge in [-0.25, -0.2) is 10.1 Å². The molecule has 0 saturated carbocycles. The largest absolute Gasteiger partial charge is 0.379 e. The van der Waals surface area contributed by atoms with Gasteiger partial charge in [-0.1, -0.05) is 0 Å². The van der Waals surface area contributed by atoms with E-state index in [2.05, 4.69) is 37.4 Å². The number of ether oxygens (including phenoxy) is 1. The number of hydrogen-bond donors (Lipinski definition) is 0. The fraction of sp³-hybridized carbons (Fsp3) is 0.810. The third-order valence-electron chi connectivity index (χ3n) is 6.24. The first kappa shape index (κ1) is 20.9. The van der Waals surface area contributed by atoms with E-state index in [0.717, 1.165) is 84.2 Å². The molecule has 0 radical (unpaired) electrons. The molecule has 28 heavy (non-hydrogen) atoms. The van der Waals surface area contributed by atoms with Gasteiger partial charge in [0.2, 0.25) is 0 Å². The first-order chi connectivity index (χ1) is 13.7. The quantitative estimate of drug-likeness (QED) is 0.468. The molecular formula is C21H34N6O. The molecule has 3 aliphatic heterocycles. The van der Waals surface area contributed by atoms with E-state index in [1.165, 1.54) is 19.4 Å². The zero-order chi connectivity index (χ0) is 19.8. The minimum Gasteiger partial charge on any atom is -0.379 e. The van der Waals surface area contributed by atoms with E-state index in [9.17, 15) is 5.26 Å². The molecule has 7 heteroatoms. The van der Waals surface area contributed by atoms with Gasteiger partial charge in [0, 0.05) is 58.4 Å². The fourth-order valence-electron chi connectivity index (χ4n) is 4.61. The Morgan fingerprint density at radius 3 is 2.32 bits per heavy atom. The summed E-state index contributed by atoms with van der Waals surface area (Å²) < 4.78 is 5.41. The van der Waals surface area contributed by atoms with Gasteiger partial charge in [0.1, 0.15) is 5.82 Å². The third kappa shape index (κ3) is 5.38. The third-order valence-corrected chi connectivity index (χ3v) is 6.24. The van der Waals surface area contributed by atoms with Gasteiger partial charge < -0.3 is 19.4 Å². The highest BCUT2D eigenvalue weighted by Gasteiger charge is 2.28. The summed E-state index contributed by atoms with van der Waals surface area (Å²) in [6.45, 7) is 20.5. The van der Waals surface area contributed by atoms with Crippen molar-refractivity contribution in [3.63, 3.8) is 0 Å². The minimum absolute atomic E-state index is 0.249. The lowest BCUT2D eigenvalue weighted by Gasteiger charge is -2.29. The summed E-state index contributed by atoms with van der Waals surface area (Å²) in [6.07, 6.45) is 4.76. The molecule has 1 unspecified atom stereocenters. The monoisotopic (exact) mass is 386 g/mol. The van der Waals surface area contributed by atoms with Crippen molar-refractivity contribution >= 4 is 0 Å². The summed E-state index contributed by atoms with van der Waals surface area (Å²) in [4.78, 5) is 13.1. The van der Waals surface area contributed by atoms with Crippen LogP contribution in [0.2, 0.25) is 0 Å². The van der Waals surface area contributed by atoms with Crippen LogP contribution in [0.1, 0.15) is 32.6 Å². The highest BCUT2D eigenvalue weighted by molar-refractivity contribution is 5.33. The van der Waals surface area contributed by atoms with Gasteiger partial charge in [0.15, 0.2) is 0 Å². The zero-order valence-corrected chi connectivity index (χ0v) is 17.3. The lowest BCUT2D eigenvalue weighted by atomic mass is 10.2. The SMILES string of the molecule is [C-]#[N+]C(C#N)=C1N(CCCN2CCOCC2)CCN1CCCN1CCCC1C. The minimum atomic E-state index is 0.249. The van der Waals surface area contributed by atoms with Crippen molar-refractivity contribution in [1.82, 2.24) is 19.6 Å². The average molecular weight is 387 g/mol. The Morgan fingerprint density at radius 1 is 1.07 bits per heavy atom. The van der Waals surface area contributed by atoms with Crippen molar-refractivity contribution < 1.29 is 4.74 Å². The van der Waals surface area contributed by atoms with E-state index in [0.29, 0.717) is 6.04 Å². The van der Waals surface area contributed by atoms with Crippen molar-refractivity contribution in [3.05, 3.63) is 22.9 Å². The number of likely N-dealkylation sites (tertiary alicyclic amines) is 1. The molecule has 3 saturated heterocycles. The van der Waals surface area contributed by atoms with Crippen LogP contribution in [-0.2, 0) is 4.74 Å². The Bertz CT molecular complexity index is 599. The summed E-state index contributed by atoms with van der Waals surface area (Å²) in [5.41, 5.74) is 0.249. The molecule has 0 aromatic heterocycles. The lowest BCUT2D eigenvalue weighted by molar-refractivity contribution is 0.0366. The van der Waals surface area contributed by atoms with Crippen molar-refractivity contribution in [3.8, 4) is 6.07 Å². The van der Waals surface area contributed by atoms with Crippen LogP contribution in [0.25, 0.3) is 4.85 Å². The number of rotatable bonds is 8. The van der Waals surface area contributed by atoms with E-state index in [-0.39, 0.29) is 5.70 Å². The van der Waals surface area contributed by atoms with E-state index in [4.69, 9.17) is 11.3 Å². The highest BCUT2D eigenvalue weighted by Crippen LogP contribution is 2.24. The van der Waals surface area contributed by atoms with Crippen LogP contribution in [0, 0.1) is 17.9 Å². The normalized spacial score (nSPS) is 25.8. The molecule has 0 bridgehead atoms. The van der Waals surface area contributed by atoms with Gasteiger partial charge in [-0.15, -0.1) is 0 Å². The molecule has 0 aromatic carbocycles. The van der Waals surface area contributed by atoms with Crippen LogP contribution in [0.3, 0.4) is 0 Å². The van der Waals surface area contributed by atoms with Crippen LogP contribution in [0.5, 0.6) is 0 Å². The van der Waals surface area contributed by atoms with Crippen molar-refractivity contribution in [2.24, 2.45) is 0 Å². The second kappa shape index (κ2) is 10.7. The van der Waals surface area contributed by atoms with Gasteiger partial charge in [-0.05, 0) is 39.2 Å². The molecule has 3 heterocycles. The smallest absolute Gasteiger partial charge is 0.300 e. The van der Waals surface area contributed by atoms with Crippen LogP contribution < -0.4 is 0 Å². The molecule has 0 amide bonds. The second-order valence-electron chi connectivity index (χ2n) is 8.06. The molecule has 0 aliphatic carbocycles. The van der Waals surface area contributed by atoms with Crippen LogP contribution in [-0.4, -0.2) is 97.8 Å². The first-order valence-corrected chi connectivity index (χ1v) is 10.8. The Morgan fingerprint density at radius 2 is 1.75 bits per heavy atom. The molecule has 1 atom stereocenters. The molecule has 3 aliphatic rings. The summed E-state index contributed by atoms with van der Waals surface area (Å²) in [7, 11) is 0. The van der Waals surface area contributed by atoms with Crippen LogP contribution in [0.15, 0.2) is 11.5 Å². The summed E-state index contributed by atoms with van der Waals surface area (Å²) in [5, 5.41) is 9.48. The fourth-order valence-corrected chi connectivity index (χ4v) is 4.61. The van der Waals surface area contributed by atoms with E-state index < -0.39 is 0 Å². The van der Waals surface area contributed by atoms with Crippen molar-refractivity contribution in [2.75, 3.05) is 72.1 Å². The molecule has 7 nitrogen and oxygen atoms in total. The predicted octanol–water partition coefficient (Wildman–Crippen LogP) is 1.81. The van der Waals surface area contributed by atoms with Gasteiger partial charge >= 0.3 is 5.70 Å². The standard InChI is InChI=1S/C21H34N6O/c1-19-6-3-8-25(19)9-5-11-27-13-12-26(21(27)20(18-22)23-2)10-4-7-24-14-16-28-17-15-24/h19H,3-17H2,1H3. The zero-order valence-electron chi connectivity index (χ0n) is 17.3. The summed E-state index contributed by atoms with van der Waals surface area (Å²) in [5.74, 6) is 0.869. The molecule has 3 fully saturated rings. The summed E-state index contributed by atoms with van der Waals surface area (Å²) >= 11 is 0. The van der Waals surface area contributed by atoms with Crippen LogP contribution >= 0.6 is 0 Å². The molecule has 3 rings (SSSR count). The lowest BCUT2D eigenvalue weighted by Crippen LogP contribution is -2.38. The highest BCUT2D eigenvalue weighted by atomic mass is 16.5. The maximum atomic E-state index is 9.48. The van der Waals surface area contributed by atoms with Gasteiger partial charge in [-0.2, -0.15) is 0 Å². The predicted molar refractivity (Wildman–Crippen MR) is 109 cm³/mol. The van der Waals surface area contributed by atoms with E-state index in [1.54, 1.807) is 0 Å². The summed E-state index contributed by atoms with van der Waals surface area (Å²) in [6, 6.07) is 2.83. The van der Waals surface area contributed by atoms with Crippen LogP contribution in [0.4, 0.5) is 0 Å². The Kier molecular flexibility index (Phi) is 7.97. The Hall–Kier alpha value is -1.80. The average Bonchev–Trinajstić information content (AvgIpc) is 3.31. The number of nitriles is 1. The first-order valence-electron chi connectivity index (χ1n) is 10.8. The molecule has 0 N–H and O–H groups in total. The Labute approximate surface area is 169 Å². The second-order valence-corrected chi connectivity index (χ2v) is 8.06. The number of morpholine rings is 1. The molecule has 154 valence electrons. The Balaban J connectivity index is 1.51. The number of allylic oxidation sites excluding steroid dienone is 1.